The van der Waals surface area contributed by atoms with Gasteiger partial charge in [0.2, 0.25) is 0 Å². The van der Waals surface area contributed by atoms with Gasteiger partial charge in [-0.05, 0) is 36.6 Å². The first-order valence-corrected chi connectivity index (χ1v) is 11.3. The van der Waals surface area contributed by atoms with Gasteiger partial charge in [-0.1, -0.05) is 39.8 Å². The third kappa shape index (κ3) is 3.42. The molecular formula is C19H15N3OS3. The molecular weight excluding hydrogens is 382 g/mol. The highest BCUT2D eigenvalue weighted by Crippen LogP contribution is 2.34. The first-order valence-electron chi connectivity index (χ1n) is 7.97. The molecule has 0 aliphatic rings. The molecule has 1 amide bonds. The van der Waals surface area contributed by atoms with E-state index in [4.69, 9.17) is 0 Å². The normalized spacial score (nSPS) is 11.1. The molecule has 0 atom stereocenters. The molecule has 2 aromatic heterocycles. The summed E-state index contributed by atoms with van der Waals surface area (Å²) >= 11 is 1.60. The quantitative estimate of drug-likeness (QED) is 0.472. The predicted molar refractivity (Wildman–Crippen MR) is 112 cm³/mol. The van der Waals surface area contributed by atoms with Crippen molar-refractivity contribution in [3.05, 3.63) is 65.3 Å². The average Bonchev–Trinajstić information content (AvgIpc) is 3.09. The van der Waals surface area contributed by atoms with Gasteiger partial charge < -0.3 is 5.32 Å². The van der Waals surface area contributed by atoms with Gasteiger partial charge in [-0.25, -0.2) is 4.98 Å². The van der Waals surface area contributed by atoms with Crippen LogP contribution < -0.4 is 5.32 Å². The minimum absolute atomic E-state index is 0.108. The van der Waals surface area contributed by atoms with Gasteiger partial charge in [-0.3, -0.25) is 9.78 Å². The topological polar surface area (TPSA) is 54.9 Å². The third-order valence-electron chi connectivity index (χ3n) is 3.89. The lowest BCUT2D eigenvalue weighted by molar-refractivity contribution is 0.0952. The average molecular weight is 398 g/mol. The highest BCUT2D eigenvalue weighted by Gasteiger charge is 2.14. The zero-order chi connectivity index (χ0) is 17.9. The van der Waals surface area contributed by atoms with E-state index in [9.17, 15) is 4.79 Å². The van der Waals surface area contributed by atoms with E-state index in [2.05, 4.69) is 15.3 Å². The molecule has 7 heteroatoms. The van der Waals surface area contributed by atoms with Crippen molar-refractivity contribution in [2.24, 2.45) is 0 Å². The molecule has 130 valence electrons. The Morgan fingerprint density at radius 3 is 2.88 bits per heavy atom. The predicted octanol–water partition coefficient (Wildman–Crippen LogP) is 5.14. The highest BCUT2D eigenvalue weighted by molar-refractivity contribution is 8.76. The van der Waals surface area contributed by atoms with Gasteiger partial charge in [-0.15, -0.1) is 11.3 Å². The van der Waals surface area contributed by atoms with E-state index in [1.807, 2.05) is 54.8 Å². The molecule has 4 aromatic rings. The molecule has 26 heavy (non-hydrogen) atoms. The molecule has 0 radical (unpaired) electrons. The minimum atomic E-state index is -0.108. The Balaban J connectivity index is 1.59. The third-order valence-corrected chi connectivity index (χ3v) is 6.64. The number of hydrogen-bond donors (Lipinski definition) is 1. The lowest BCUT2D eigenvalue weighted by atomic mass is 10.1. The summed E-state index contributed by atoms with van der Waals surface area (Å²) in [6.07, 6.45) is 3.79. The second-order valence-electron chi connectivity index (χ2n) is 5.52. The molecule has 0 saturated carbocycles. The maximum absolute atomic E-state index is 12.7. The first-order chi connectivity index (χ1) is 12.8. The molecule has 0 aliphatic heterocycles. The summed E-state index contributed by atoms with van der Waals surface area (Å²) in [5, 5.41) is 4.76. The number of hydrogen-bond acceptors (Lipinski definition) is 6. The molecule has 4 rings (SSSR count). The maximum atomic E-state index is 12.7. The fourth-order valence-corrected chi connectivity index (χ4v) is 5.14. The van der Waals surface area contributed by atoms with Crippen LogP contribution in [-0.4, -0.2) is 22.1 Å². The maximum Gasteiger partial charge on any atom is 0.252 e. The van der Waals surface area contributed by atoms with Gasteiger partial charge in [-0.2, -0.15) is 0 Å². The van der Waals surface area contributed by atoms with Crippen LogP contribution >= 0.6 is 32.9 Å². The van der Waals surface area contributed by atoms with E-state index < -0.39 is 0 Å². The Kier molecular flexibility index (Phi) is 5.10. The van der Waals surface area contributed by atoms with Crippen LogP contribution in [0.1, 0.15) is 15.4 Å². The molecule has 4 nitrogen and oxygen atoms in total. The largest absolute Gasteiger partial charge is 0.346 e. The number of aromatic nitrogens is 2. The lowest BCUT2D eigenvalue weighted by Crippen LogP contribution is -2.23. The van der Waals surface area contributed by atoms with Crippen LogP contribution in [0.3, 0.4) is 0 Å². The summed E-state index contributed by atoms with van der Waals surface area (Å²) < 4.78 is 1.13. The summed E-state index contributed by atoms with van der Waals surface area (Å²) in [5.41, 5.74) is 2.47. The van der Waals surface area contributed by atoms with Crippen LogP contribution in [0, 0.1) is 0 Å². The Hall–Kier alpha value is -2.09. The van der Waals surface area contributed by atoms with Crippen LogP contribution in [0.15, 0.2) is 59.6 Å². The minimum Gasteiger partial charge on any atom is -0.346 e. The second kappa shape index (κ2) is 7.65. The van der Waals surface area contributed by atoms with Crippen molar-refractivity contribution in [3.8, 4) is 0 Å². The summed E-state index contributed by atoms with van der Waals surface area (Å²) in [6, 6.07) is 15.6. The van der Waals surface area contributed by atoms with Gasteiger partial charge in [0.15, 0.2) is 0 Å². The summed E-state index contributed by atoms with van der Waals surface area (Å²) in [5.74, 6) is -0.108. The highest BCUT2D eigenvalue weighted by atomic mass is 33.1. The number of fused-ring (bicyclic) bond motifs is 2. The first kappa shape index (κ1) is 17.3. The molecule has 0 bridgehead atoms. The number of benzene rings is 2. The number of carbonyl (C=O) groups excluding carboxylic acids is 1. The van der Waals surface area contributed by atoms with Gasteiger partial charge in [0.25, 0.3) is 5.91 Å². The van der Waals surface area contributed by atoms with Crippen molar-refractivity contribution in [1.29, 1.82) is 0 Å². The van der Waals surface area contributed by atoms with Crippen LogP contribution in [0.4, 0.5) is 0 Å². The van der Waals surface area contributed by atoms with Crippen molar-refractivity contribution in [1.82, 2.24) is 15.3 Å². The van der Waals surface area contributed by atoms with Crippen molar-refractivity contribution < 1.29 is 4.79 Å². The van der Waals surface area contributed by atoms with E-state index in [0.717, 1.165) is 31.0 Å². The van der Waals surface area contributed by atoms with Crippen LogP contribution in [0.25, 0.3) is 21.1 Å². The number of nitrogens with zero attached hydrogens (tertiary/aromatic N) is 2. The molecule has 0 aliphatic carbocycles. The van der Waals surface area contributed by atoms with E-state index in [0.29, 0.717) is 12.1 Å². The number of para-hydroxylation sites is 1. The number of thiazole rings is 1. The van der Waals surface area contributed by atoms with Crippen LogP contribution in [0.2, 0.25) is 0 Å². The van der Waals surface area contributed by atoms with E-state index >= 15 is 0 Å². The van der Waals surface area contributed by atoms with Gasteiger partial charge in [0, 0.05) is 22.0 Å². The Morgan fingerprint density at radius 1 is 1.15 bits per heavy atom. The lowest BCUT2D eigenvalue weighted by Gasteiger charge is -2.09. The van der Waals surface area contributed by atoms with Crippen molar-refractivity contribution in [2.75, 3.05) is 6.26 Å². The van der Waals surface area contributed by atoms with Gasteiger partial charge in [0.05, 0.1) is 22.3 Å². The zero-order valence-corrected chi connectivity index (χ0v) is 16.4. The Labute approximate surface area is 162 Å². The Morgan fingerprint density at radius 2 is 2.04 bits per heavy atom. The molecule has 0 saturated heterocycles. The van der Waals surface area contributed by atoms with Crippen LogP contribution in [-0.2, 0) is 6.54 Å². The van der Waals surface area contributed by atoms with Crippen molar-refractivity contribution >= 4 is 60.0 Å². The summed E-state index contributed by atoms with van der Waals surface area (Å²) in [6.45, 7) is 0.418. The van der Waals surface area contributed by atoms with Crippen molar-refractivity contribution in [2.45, 2.75) is 11.4 Å². The van der Waals surface area contributed by atoms with Gasteiger partial charge >= 0.3 is 0 Å². The van der Waals surface area contributed by atoms with E-state index in [1.165, 1.54) is 0 Å². The number of rotatable bonds is 5. The monoisotopic (exact) mass is 397 g/mol. The number of carbonyl (C=O) groups is 1. The van der Waals surface area contributed by atoms with E-state index in [1.54, 1.807) is 39.1 Å². The number of pyridine rings is 1. The number of nitrogens with one attached hydrogen (secondary N) is 1. The summed E-state index contributed by atoms with van der Waals surface area (Å²) in [7, 11) is 3.31. The van der Waals surface area contributed by atoms with E-state index in [-0.39, 0.29) is 5.91 Å². The summed E-state index contributed by atoms with van der Waals surface area (Å²) in [4.78, 5) is 22.8. The fourth-order valence-electron chi connectivity index (χ4n) is 2.75. The standard InChI is InChI=1S/C19H15N3OS3/c1-24-26-16-9-8-13(12-5-4-10-20-18(12)16)19(23)21-11-17-22-14-6-2-3-7-15(14)25-17/h2-10H,11H2,1H3,(H,21,23). The smallest absolute Gasteiger partial charge is 0.252 e. The molecule has 2 heterocycles. The SMILES string of the molecule is CSSc1ccc(C(=O)NCc2nc3ccccc3s2)c2cccnc12. The Bertz CT molecular complexity index is 1060. The van der Waals surface area contributed by atoms with Gasteiger partial charge in [0.1, 0.15) is 5.01 Å². The zero-order valence-electron chi connectivity index (χ0n) is 13.9. The fraction of sp³-hybridized carbons (Fsp3) is 0.105. The van der Waals surface area contributed by atoms with Crippen LogP contribution in [0.5, 0.6) is 0 Å². The molecule has 2 aromatic carbocycles. The second-order valence-corrected chi connectivity index (χ2v) is 9.07. The molecule has 0 spiro atoms. The molecule has 0 fully saturated rings. The van der Waals surface area contributed by atoms with Crippen molar-refractivity contribution in [3.63, 3.8) is 0 Å². The number of amides is 1. The molecule has 0 unspecified atom stereocenters. The molecule has 1 N–H and O–H groups in total.